The molecule has 0 aromatic rings. The lowest BCUT2D eigenvalue weighted by Gasteiger charge is -2.09. The lowest BCUT2D eigenvalue weighted by atomic mass is 10.0. The quantitative estimate of drug-likeness (QED) is 0.584. The van der Waals surface area contributed by atoms with Crippen molar-refractivity contribution < 1.29 is 0 Å². The Hall–Kier alpha value is -0.0800. The molecule has 0 saturated heterocycles. The van der Waals surface area contributed by atoms with Crippen molar-refractivity contribution in [1.82, 2.24) is 10.6 Å². The predicted molar refractivity (Wildman–Crippen MR) is 62.6 cm³/mol. The molecule has 0 heterocycles. The molecule has 14 heavy (non-hydrogen) atoms. The molecule has 0 radical (unpaired) electrons. The van der Waals surface area contributed by atoms with Crippen LogP contribution in [0.5, 0.6) is 0 Å². The summed E-state index contributed by atoms with van der Waals surface area (Å²) in [6.07, 6.45) is 8.59. The second-order valence-corrected chi connectivity index (χ2v) is 4.40. The van der Waals surface area contributed by atoms with Crippen LogP contribution in [0.15, 0.2) is 0 Å². The summed E-state index contributed by atoms with van der Waals surface area (Å²) in [5, 5.41) is 6.87. The maximum atomic E-state index is 3.53. The number of hydrogen-bond acceptors (Lipinski definition) is 2. The lowest BCUT2D eigenvalue weighted by molar-refractivity contribution is 0.473. The van der Waals surface area contributed by atoms with E-state index in [0.717, 1.165) is 19.0 Å². The molecule has 1 rings (SSSR count). The summed E-state index contributed by atoms with van der Waals surface area (Å²) in [5.41, 5.74) is 0. The molecule has 0 aromatic heterocycles. The molecule has 2 heteroatoms. The minimum absolute atomic E-state index is 1.04. The van der Waals surface area contributed by atoms with Gasteiger partial charge in [-0.2, -0.15) is 0 Å². The van der Waals surface area contributed by atoms with E-state index in [-0.39, 0.29) is 0 Å². The highest BCUT2D eigenvalue weighted by atomic mass is 14.9. The molecule has 0 unspecified atom stereocenters. The van der Waals surface area contributed by atoms with Gasteiger partial charge in [0.1, 0.15) is 0 Å². The maximum Gasteiger partial charge on any atom is -0.00368 e. The summed E-state index contributed by atoms with van der Waals surface area (Å²) in [4.78, 5) is 0. The monoisotopic (exact) mass is 198 g/mol. The molecule has 0 atom stereocenters. The topological polar surface area (TPSA) is 24.1 Å². The molecular weight excluding hydrogens is 172 g/mol. The molecule has 1 aliphatic carbocycles. The third-order valence-electron chi connectivity index (χ3n) is 3.16. The molecule has 0 amide bonds. The minimum Gasteiger partial charge on any atom is -0.317 e. The average molecular weight is 198 g/mol. The highest BCUT2D eigenvalue weighted by Crippen LogP contribution is 2.26. The zero-order chi connectivity index (χ0) is 10.1. The fourth-order valence-electron chi connectivity index (χ4n) is 2.25. The molecule has 1 fully saturated rings. The van der Waals surface area contributed by atoms with E-state index in [4.69, 9.17) is 0 Å². The fourth-order valence-corrected chi connectivity index (χ4v) is 2.25. The largest absolute Gasteiger partial charge is 0.317 e. The smallest absolute Gasteiger partial charge is 0.00368 e. The van der Waals surface area contributed by atoms with Crippen molar-refractivity contribution in [1.29, 1.82) is 0 Å². The Morgan fingerprint density at radius 2 is 1.71 bits per heavy atom. The van der Waals surface area contributed by atoms with Crippen LogP contribution in [0.1, 0.15) is 45.4 Å². The van der Waals surface area contributed by atoms with Crippen LogP contribution in [0.2, 0.25) is 0 Å². The summed E-state index contributed by atoms with van der Waals surface area (Å²) in [7, 11) is 0. The summed E-state index contributed by atoms with van der Waals surface area (Å²) < 4.78 is 0. The molecule has 1 saturated carbocycles. The van der Waals surface area contributed by atoms with Crippen molar-refractivity contribution in [3.8, 4) is 0 Å². The van der Waals surface area contributed by atoms with Gasteiger partial charge in [0, 0.05) is 0 Å². The van der Waals surface area contributed by atoms with Gasteiger partial charge in [0.05, 0.1) is 0 Å². The van der Waals surface area contributed by atoms with E-state index in [1.807, 2.05) is 0 Å². The van der Waals surface area contributed by atoms with Gasteiger partial charge in [0.25, 0.3) is 0 Å². The third-order valence-corrected chi connectivity index (χ3v) is 3.16. The van der Waals surface area contributed by atoms with Crippen LogP contribution >= 0.6 is 0 Å². The SMILES string of the molecule is CCNCCCNCCC1CCCC1. The molecule has 84 valence electrons. The number of rotatable bonds is 8. The van der Waals surface area contributed by atoms with Crippen molar-refractivity contribution >= 4 is 0 Å². The van der Waals surface area contributed by atoms with E-state index in [1.54, 1.807) is 0 Å². The average Bonchev–Trinajstić information content (AvgIpc) is 2.69. The van der Waals surface area contributed by atoms with E-state index in [2.05, 4.69) is 17.6 Å². The molecule has 2 nitrogen and oxygen atoms in total. The molecule has 2 N–H and O–H groups in total. The van der Waals surface area contributed by atoms with Gasteiger partial charge in [0.2, 0.25) is 0 Å². The normalized spacial score (nSPS) is 17.8. The Bertz CT molecular complexity index is 119. The van der Waals surface area contributed by atoms with E-state index in [9.17, 15) is 0 Å². The van der Waals surface area contributed by atoms with Crippen LogP contribution in [0, 0.1) is 5.92 Å². The maximum absolute atomic E-state index is 3.53. The highest BCUT2D eigenvalue weighted by molar-refractivity contribution is 4.68. The van der Waals surface area contributed by atoms with Gasteiger partial charge in [-0.05, 0) is 44.9 Å². The lowest BCUT2D eigenvalue weighted by Crippen LogP contribution is -2.23. The number of hydrogen-bond donors (Lipinski definition) is 2. The van der Waals surface area contributed by atoms with E-state index < -0.39 is 0 Å². The molecule has 0 aliphatic heterocycles. The summed E-state index contributed by atoms with van der Waals surface area (Å²) in [6, 6.07) is 0. The zero-order valence-electron chi connectivity index (χ0n) is 9.65. The Labute approximate surface area is 88.8 Å². The van der Waals surface area contributed by atoms with Gasteiger partial charge >= 0.3 is 0 Å². The van der Waals surface area contributed by atoms with Gasteiger partial charge in [0.15, 0.2) is 0 Å². The Balaban J connectivity index is 1.75. The van der Waals surface area contributed by atoms with Crippen LogP contribution in [-0.4, -0.2) is 26.2 Å². The van der Waals surface area contributed by atoms with Crippen LogP contribution < -0.4 is 10.6 Å². The Morgan fingerprint density at radius 3 is 2.43 bits per heavy atom. The van der Waals surface area contributed by atoms with Gasteiger partial charge in [-0.3, -0.25) is 0 Å². The fraction of sp³-hybridized carbons (Fsp3) is 1.00. The highest BCUT2D eigenvalue weighted by Gasteiger charge is 2.13. The van der Waals surface area contributed by atoms with E-state index >= 15 is 0 Å². The molecule has 1 aliphatic rings. The van der Waals surface area contributed by atoms with Gasteiger partial charge in [-0.1, -0.05) is 32.6 Å². The van der Waals surface area contributed by atoms with Crippen molar-refractivity contribution in [2.24, 2.45) is 5.92 Å². The first-order chi connectivity index (χ1) is 6.93. The number of nitrogens with one attached hydrogen (secondary N) is 2. The predicted octanol–water partition coefficient (Wildman–Crippen LogP) is 2.16. The zero-order valence-corrected chi connectivity index (χ0v) is 9.65. The standard InChI is InChI=1S/C12H26N2/c1-2-13-9-5-10-14-11-8-12-6-3-4-7-12/h12-14H,2-11H2,1H3. The van der Waals surface area contributed by atoms with E-state index in [1.165, 1.54) is 51.6 Å². The minimum atomic E-state index is 1.04. The van der Waals surface area contributed by atoms with Crippen molar-refractivity contribution in [3.63, 3.8) is 0 Å². The first-order valence-electron chi connectivity index (χ1n) is 6.35. The van der Waals surface area contributed by atoms with Crippen LogP contribution in [0.3, 0.4) is 0 Å². The third kappa shape index (κ3) is 5.61. The first-order valence-corrected chi connectivity index (χ1v) is 6.35. The van der Waals surface area contributed by atoms with Crippen LogP contribution in [0.4, 0.5) is 0 Å². The van der Waals surface area contributed by atoms with E-state index in [0.29, 0.717) is 0 Å². The second kappa shape index (κ2) is 8.25. The molecule has 0 bridgehead atoms. The summed E-state index contributed by atoms with van der Waals surface area (Å²) >= 11 is 0. The van der Waals surface area contributed by atoms with Crippen molar-refractivity contribution in [3.05, 3.63) is 0 Å². The van der Waals surface area contributed by atoms with Crippen molar-refractivity contribution in [2.75, 3.05) is 26.2 Å². The van der Waals surface area contributed by atoms with Gasteiger partial charge in [-0.15, -0.1) is 0 Å². The van der Waals surface area contributed by atoms with Gasteiger partial charge < -0.3 is 10.6 Å². The second-order valence-electron chi connectivity index (χ2n) is 4.40. The van der Waals surface area contributed by atoms with Gasteiger partial charge in [-0.25, -0.2) is 0 Å². The Morgan fingerprint density at radius 1 is 1.00 bits per heavy atom. The Kier molecular flexibility index (Phi) is 7.06. The van der Waals surface area contributed by atoms with Crippen molar-refractivity contribution in [2.45, 2.75) is 45.4 Å². The molecular formula is C12H26N2. The summed E-state index contributed by atoms with van der Waals surface area (Å²) in [5.74, 6) is 1.04. The molecule has 0 spiro atoms. The first kappa shape index (κ1) is 12.0. The molecule has 0 aromatic carbocycles. The summed E-state index contributed by atoms with van der Waals surface area (Å²) in [6.45, 7) is 6.83. The van der Waals surface area contributed by atoms with Crippen LogP contribution in [0.25, 0.3) is 0 Å². The van der Waals surface area contributed by atoms with Crippen LogP contribution in [-0.2, 0) is 0 Å².